The Kier molecular flexibility index (Phi) is 2.74. The highest BCUT2D eigenvalue weighted by Gasteiger charge is 2.14. The average Bonchev–Trinajstić information content (AvgIpc) is 2.16. The van der Waals surface area contributed by atoms with Gasteiger partial charge in [0, 0.05) is 11.8 Å². The number of esters is 1. The molecule has 0 fully saturated rings. The quantitative estimate of drug-likeness (QED) is 0.651. The molecule has 0 unspecified atom stereocenters. The van der Waals surface area contributed by atoms with Crippen molar-refractivity contribution in [2.75, 3.05) is 7.11 Å². The first-order valence-corrected chi connectivity index (χ1v) is 3.56. The summed E-state index contributed by atoms with van der Waals surface area (Å²) in [5.74, 6) is -1.21. The molecule has 0 aromatic carbocycles. The van der Waals surface area contributed by atoms with E-state index in [9.17, 15) is 9.18 Å². The Labute approximate surface area is 74.9 Å². The van der Waals surface area contributed by atoms with Crippen LogP contribution in [-0.2, 0) is 4.74 Å². The van der Waals surface area contributed by atoms with E-state index in [4.69, 9.17) is 0 Å². The Morgan fingerprint density at radius 2 is 2.46 bits per heavy atom. The predicted octanol–water partition coefficient (Wildman–Crippen LogP) is 1.65. The number of aromatic nitrogens is 1. The molecule has 0 spiro atoms. The maximum atomic E-state index is 13.0. The van der Waals surface area contributed by atoms with Gasteiger partial charge in [-0.3, -0.25) is 0 Å². The van der Waals surface area contributed by atoms with Crippen molar-refractivity contribution in [3.63, 3.8) is 0 Å². The summed E-state index contributed by atoms with van der Waals surface area (Å²) in [6.07, 6.45) is 2.43. The normalized spacial score (nSPS) is 9.38. The zero-order valence-corrected chi connectivity index (χ0v) is 7.08. The molecule has 0 amide bonds. The van der Waals surface area contributed by atoms with E-state index >= 15 is 0 Å². The van der Waals surface area contributed by atoms with Crippen molar-refractivity contribution in [1.29, 1.82) is 0 Å². The highest BCUT2D eigenvalue weighted by molar-refractivity contribution is 5.91. The number of carbonyl (C=O) groups is 1. The lowest BCUT2D eigenvalue weighted by molar-refractivity contribution is 0.0593. The van der Waals surface area contributed by atoms with Gasteiger partial charge in [-0.15, -0.1) is 0 Å². The number of hydrogen-bond donors (Lipinski definition) is 0. The van der Waals surface area contributed by atoms with E-state index < -0.39 is 11.8 Å². The van der Waals surface area contributed by atoms with E-state index in [-0.39, 0.29) is 11.3 Å². The summed E-state index contributed by atoms with van der Waals surface area (Å²) in [5, 5.41) is 0. The number of carbonyl (C=O) groups excluding carboxylic acids is 1. The molecule has 1 aromatic heterocycles. The molecule has 0 radical (unpaired) electrons. The minimum absolute atomic E-state index is 0.0579. The van der Waals surface area contributed by atoms with Crippen molar-refractivity contribution < 1.29 is 13.9 Å². The highest BCUT2D eigenvalue weighted by atomic mass is 19.1. The Hall–Kier alpha value is -1.71. The first-order valence-electron chi connectivity index (χ1n) is 3.56. The zero-order valence-electron chi connectivity index (χ0n) is 7.08. The predicted molar refractivity (Wildman–Crippen MR) is 45.6 cm³/mol. The third-order valence-corrected chi connectivity index (χ3v) is 1.52. The molecule has 0 aliphatic carbocycles. The minimum atomic E-state index is -0.672. The van der Waals surface area contributed by atoms with Crippen molar-refractivity contribution in [3.8, 4) is 0 Å². The Bertz CT molecular complexity index is 349. The Morgan fingerprint density at radius 1 is 1.77 bits per heavy atom. The van der Waals surface area contributed by atoms with Crippen LogP contribution >= 0.6 is 0 Å². The molecule has 0 aliphatic rings. The molecule has 1 rings (SSSR count). The summed E-state index contributed by atoms with van der Waals surface area (Å²) in [6, 6.07) is 1.16. The number of nitrogens with zero attached hydrogens (tertiary/aromatic N) is 1. The van der Waals surface area contributed by atoms with E-state index in [0.29, 0.717) is 0 Å². The molecule has 0 bridgehead atoms. The maximum absolute atomic E-state index is 13.0. The lowest BCUT2D eigenvalue weighted by Crippen LogP contribution is -2.07. The molecule has 0 N–H and O–H groups in total. The van der Waals surface area contributed by atoms with Crippen LogP contribution in [0.5, 0.6) is 0 Å². The molecule has 3 nitrogen and oxygen atoms in total. The van der Waals surface area contributed by atoms with Gasteiger partial charge in [0.2, 0.25) is 0 Å². The average molecular weight is 181 g/mol. The van der Waals surface area contributed by atoms with Gasteiger partial charge in [-0.2, -0.15) is 0 Å². The second kappa shape index (κ2) is 3.80. The molecular weight excluding hydrogens is 173 g/mol. The number of halogens is 1. The first kappa shape index (κ1) is 9.38. The lowest BCUT2D eigenvalue weighted by atomic mass is 10.2. The third kappa shape index (κ3) is 1.72. The second-order valence-corrected chi connectivity index (χ2v) is 2.25. The van der Waals surface area contributed by atoms with E-state index in [1.54, 1.807) is 0 Å². The van der Waals surface area contributed by atoms with Gasteiger partial charge in [0.1, 0.15) is 5.82 Å². The van der Waals surface area contributed by atoms with E-state index in [1.165, 1.54) is 19.4 Å². The summed E-state index contributed by atoms with van der Waals surface area (Å²) >= 11 is 0. The van der Waals surface area contributed by atoms with Crippen LogP contribution < -0.4 is 0 Å². The standard InChI is InChI=1S/C9H8FNO2/c1-3-6-7(10)4-5-11-8(6)9(12)13-2/h3-5H,1H2,2H3. The van der Waals surface area contributed by atoms with Crippen LogP contribution in [0.4, 0.5) is 4.39 Å². The fourth-order valence-electron chi connectivity index (χ4n) is 0.903. The van der Waals surface area contributed by atoms with Crippen LogP contribution in [0.2, 0.25) is 0 Å². The van der Waals surface area contributed by atoms with Crippen LogP contribution in [0.15, 0.2) is 18.8 Å². The molecule has 4 heteroatoms. The van der Waals surface area contributed by atoms with E-state index in [0.717, 1.165) is 6.07 Å². The van der Waals surface area contributed by atoms with Crippen LogP contribution in [0.1, 0.15) is 16.1 Å². The number of ether oxygens (including phenoxy) is 1. The fraction of sp³-hybridized carbons (Fsp3) is 0.111. The summed E-state index contributed by atoms with van der Waals surface area (Å²) in [5.41, 5.74) is 0.00634. The molecule has 13 heavy (non-hydrogen) atoms. The molecule has 0 saturated carbocycles. The van der Waals surface area contributed by atoms with Crippen molar-refractivity contribution in [2.45, 2.75) is 0 Å². The number of hydrogen-bond acceptors (Lipinski definition) is 3. The molecule has 0 aliphatic heterocycles. The van der Waals surface area contributed by atoms with Gasteiger partial charge in [0.25, 0.3) is 0 Å². The lowest BCUT2D eigenvalue weighted by Gasteiger charge is -2.02. The van der Waals surface area contributed by atoms with Crippen LogP contribution in [0.3, 0.4) is 0 Å². The maximum Gasteiger partial charge on any atom is 0.357 e. The van der Waals surface area contributed by atoms with E-state index in [2.05, 4.69) is 16.3 Å². The van der Waals surface area contributed by atoms with Gasteiger partial charge in [-0.1, -0.05) is 12.7 Å². The summed E-state index contributed by atoms with van der Waals surface area (Å²) in [4.78, 5) is 14.7. The van der Waals surface area contributed by atoms with Crippen LogP contribution in [0, 0.1) is 5.82 Å². The smallest absolute Gasteiger partial charge is 0.357 e. The monoisotopic (exact) mass is 181 g/mol. The zero-order chi connectivity index (χ0) is 9.84. The van der Waals surface area contributed by atoms with Crippen molar-refractivity contribution in [2.24, 2.45) is 0 Å². The number of methoxy groups -OCH3 is 1. The second-order valence-electron chi connectivity index (χ2n) is 2.25. The Balaban J connectivity index is 3.28. The topological polar surface area (TPSA) is 39.2 Å². The molecule has 0 atom stereocenters. The molecule has 0 saturated heterocycles. The van der Waals surface area contributed by atoms with Crippen LogP contribution in [-0.4, -0.2) is 18.1 Å². The largest absolute Gasteiger partial charge is 0.464 e. The third-order valence-electron chi connectivity index (χ3n) is 1.52. The van der Waals surface area contributed by atoms with Gasteiger partial charge in [0.15, 0.2) is 5.69 Å². The van der Waals surface area contributed by atoms with Gasteiger partial charge in [-0.05, 0) is 6.07 Å². The minimum Gasteiger partial charge on any atom is -0.464 e. The van der Waals surface area contributed by atoms with Gasteiger partial charge in [-0.25, -0.2) is 14.2 Å². The molecular formula is C9H8FNO2. The van der Waals surface area contributed by atoms with Crippen molar-refractivity contribution in [3.05, 3.63) is 35.9 Å². The van der Waals surface area contributed by atoms with Crippen LogP contribution in [0.25, 0.3) is 6.08 Å². The number of rotatable bonds is 2. The highest BCUT2D eigenvalue weighted by Crippen LogP contribution is 2.12. The molecule has 68 valence electrons. The van der Waals surface area contributed by atoms with Crippen molar-refractivity contribution >= 4 is 12.0 Å². The van der Waals surface area contributed by atoms with Crippen molar-refractivity contribution in [1.82, 2.24) is 4.98 Å². The summed E-state index contributed by atoms with van der Waals surface area (Å²) in [6.45, 7) is 3.38. The molecule has 1 aromatic rings. The first-order chi connectivity index (χ1) is 6.20. The summed E-state index contributed by atoms with van der Waals surface area (Å²) in [7, 11) is 1.21. The summed E-state index contributed by atoms with van der Waals surface area (Å²) < 4.78 is 17.4. The molecule has 1 heterocycles. The van der Waals surface area contributed by atoms with E-state index in [1.807, 2.05) is 0 Å². The Morgan fingerprint density at radius 3 is 3.00 bits per heavy atom. The van der Waals surface area contributed by atoms with Gasteiger partial charge in [0.05, 0.1) is 7.11 Å². The van der Waals surface area contributed by atoms with Gasteiger partial charge < -0.3 is 4.74 Å². The number of pyridine rings is 1. The SMILES string of the molecule is C=Cc1c(F)ccnc1C(=O)OC. The fourth-order valence-corrected chi connectivity index (χ4v) is 0.903. The van der Waals surface area contributed by atoms with Gasteiger partial charge >= 0.3 is 5.97 Å².